The van der Waals surface area contributed by atoms with Crippen LogP contribution in [-0.4, -0.2) is 34.0 Å². The van der Waals surface area contributed by atoms with Crippen molar-refractivity contribution in [2.45, 2.75) is 33.1 Å². The number of thiazole rings is 1. The van der Waals surface area contributed by atoms with Crippen molar-refractivity contribution in [2.75, 3.05) is 7.05 Å². The van der Waals surface area contributed by atoms with E-state index in [1.807, 2.05) is 12.3 Å². The molecule has 1 unspecified atom stereocenters. The predicted octanol–water partition coefficient (Wildman–Crippen LogP) is 2.37. The highest BCUT2D eigenvalue weighted by Gasteiger charge is 2.20. The molecule has 1 aromatic heterocycles. The van der Waals surface area contributed by atoms with Crippen LogP contribution in [0.25, 0.3) is 0 Å². The molecule has 22 heavy (non-hydrogen) atoms. The Labute approximate surface area is 134 Å². The van der Waals surface area contributed by atoms with Crippen molar-refractivity contribution in [1.29, 1.82) is 0 Å². The summed E-state index contributed by atoms with van der Waals surface area (Å²) in [5.41, 5.74) is 1.64. The molecule has 1 atom stereocenters. The molecule has 118 valence electrons. The summed E-state index contributed by atoms with van der Waals surface area (Å²) in [7, 11) is 1.74. The number of carbonyl (C=O) groups is 1. The molecule has 1 aromatic carbocycles. The van der Waals surface area contributed by atoms with Crippen LogP contribution in [0.1, 0.15) is 23.2 Å². The summed E-state index contributed by atoms with van der Waals surface area (Å²) in [5.74, 6) is 0.463. The van der Waals surface area contributed by atoms with Gasteiger partial charge in [0.15, 0.2) is 6.10 Å². The molecule has 0 saturated carbocycles. The normalized spacial score (nSPS) is 12.0. The number of hydrogen-bond donors (Lipinski definition) is 1. The Balaban J connectivity index is 1.95. The van der Waals surface area contributed by atoms with Crippen LogP contribution < -0.4 is 4.74 Å². The van der Waals surface area contributed by atoms with Gasteiger partial charge in [0.05, 0.1) is 23.9 Å². The molecule has 0 fully saturated rings. The van der Waals surface area contributed by atoms with Crippen LogP contribution in [0, 0.1) is 6.92 Å². The fourth-order valence-corrected chi connectivity index (χ4v) is 2.69. The average Bonchev–Trinajstić information content (AvgIpc) is 2.91. The smallest absolute Gasteiger partial charge is 0.263 e. The van der Waals surface area contributed by atoms with E-state index in [0.717, 1.165) is 16.3 Å². The average molecular weight is 320 g/mol. The minimum absolute atomic E-state index is 0.0530. The van der Waals surface area contributed by atoms with Gasteiger partial charge in [-0.3, -0.25) is 4.79 Å². The monoisotopic (exact) mass is 320 g/mol. The van der Waals surface area contributed by atoms with Crippen LogP contribution in [0.2, 0.25) is 0 Å². The van der Waals surface area contributed by atoms with Crippen LogP contribution in [0.4, 0.5) is 0 Å². The minimum atomic E-state index is -0.598. The molecule has 0 aliphatic carbocycles. The first-order valence-electron chi connectivity index (χ1n) is 7.02. The number of aromatic nitrogens is 1. The molecule has 0 saturated heterocycles. The number of rotatable bonds is 6. The van der Waals surface area contributed by atoms with Gasteiger partial charge in [-0.15, -0.1) is 11.3 Å². The fraction of sp³-hybridized carbons (Fsp3) is 0.375. The van der Waals surface area contributed by atoms with Crippen molar-refractivity contribution in [3.63, 3.8) is 0 Å². The van der Waals surface area contributed by atoms with Crippen molar-refractivity contribution in [2.24, 2.45) is 0 Å². The summed E-state index contributed by atoms with van der Waals surface area (Å²) in [6, 6.07) is 7.09. The lowest BCUT2D eigenvalue weighted by molar-refractivity contribution is -0.137. The number of likely N-dealkylation sites (N-methyl/N-ethyl adjacent to an activating group) is 1. The third-order valence-corrected chi connectivity index (χ3v) is 4.01. The van der Waals surface area contributed by atoms with Gasteiger partial charge in [0.2, 0.25) is 0 Å². The maximum atomic E-state index is 12.3. The van der Waals surface area contributed by atoms with Gasteiger partial charge in [0.25, 0.3) is 5.91 Å². The highest BCUT2D eigenvalue weighted by Crippen LogP contribution is 2.16. The van der Waals surface area contributed by atoms with Crippen LogP contribution in [0.3, 0.4) is 0 Å². The number of aliphatic hydroxyl groups is 1. The number of benzene rings is 1. The second-order valence-electron chi connectivity index (χ2n) is 5.12. The Morgan fingerprint density at radius 1 is 1.50 bits per heavy atom. The van der Waals surface area contributed by atoms with E-state index in [4.69, 9.17) is 9.84 Å². The number of ether oxygens (including phenoxy) is 1. The lowest BCUT2D eigenvalue weighted by Crippen LogP contribution is -2.37. The molecule has 0 aliphatic rings. The number of carbonyl (C=O) groups excluding carboxylic acids is 1. The first kappa shape index (κ1) is 16.5. The topological polar surface area (TPSA) is 62.7 Å². The quantitative estimate of drug-likeness (QED) is 0.887. The zero-order valence-electron chi connectivity index (χ0n) is 12.9. The second kappa shape index (κ2) is 7.38. The van der Waals surface area contributed by atoms with E-state index in [1.54, 1.807) is 54.5 Å². The summed E-state index contributed by atoms with van der Waals surface area (Å²) < 4.78 is 5.66. The van der Waals surface area contributed by atoms with Gasteiger partial charge in [0.1, 0.15) is 5.75 Å². The number of hydrogen-bond acceptors (Lipinski definition) is 5. The highest BCUT2D eigenvalue weighted by molar-refractivity contribution is 7.09. The number of aryl methyl sites for hydroxylation is 1. The Morgan fingerprint density at radius 2 is 2.27 bits per heavy atom. The van der Waals surface area contributed by atoms with Gasteiger partial charge >= 0.3 is 0 Å². The van der Waals surface area contributed by atoms with Gasteiger partial charge in [-0.25, -0.2) is 4.98 Å². The van der Waals surface area contributed by atoms with Crippen LogP contribution >= 0.6 is 11.3 Å². The Morgan fingerprint density at radius 3 is 2.91 bits per heavy atom. The summed E-state index contributed by atoms with van der Waals surface area (Å²) in [6.45, 7) is 4.07. The van der Waals surface area contributed by atoms with Crippen molar-refractivity contribution < 1.29 is 14.6 Å². The predicted molar refractivity (Wildman–Crippen MR) is 85.8 cm³/mol. The van der Waals surface area contributed by atoms with Crippen LogP contribution in [-0.2, 0) is 17.9 Å². The van der Waals surface area contributed by atoms with Gasteiger partial charge in [-0.2, -0.15) is 0 Å². The van der Waals surface area contributed by atoms with Crippen molar-refractivity contribution >= 4 is 17.2 Å². The molecule has 0 bridgehead atoms. The SMILES string of the molecule is Cc1nc(CN(C)C(=O)C(C)Oc2cccc(CO)c2)cs1. The van der Waals surface area contributed by atoms with E-state index in [1.165, 1.54) is 0 Å². The van der Waals surface area contributed by atoms with Gasteiger partial charge in [0, 0.05) is 12.4 Å². The largest absolute Gasteiger partial charge is 0.481 e. The van der Waals surface area contributed by atoms with Crippen molar-refractivity contribution in [1.82, 2.24) is 9.88 Å². The summed E-state index contributed by atoms with van der Waals surface area (Å²) in [5, 5.41) is 12.1. The number of nitrogens with zero attached hydrogens (tertiary/aromatic N) is 2. The van der Waals surface area contributed by atoms with Gasteiger partial charge < -0.3 is 14.7 Å². The third-order valence-electron chi connectivity index (χ3n) is 3.18. The van der Waals surface area contributed by atoms with Crippen LogP contribution in [0.15, 0.2) is 29.6 Å². The Kier molecular flexibility index (Phi) is 5.51. The lowest BCUT2D eigenvalue weighted by atomic mass is 10.2. The highest BCUT2D eigenvalue weighted by atomic mass is 32.1. The van der Waals surface area contributed by atoms with Gasteiger partial charge in [-0.05, 0) is 31.5 Å². The van der Waals surface area contributed by atoms with Crippen molar-refractivity contribution in [3.05, 3.63) is 45.9 Å². The molecule has 0 aliphatic heterocycles. The first-order chi connectivity index (χ1) is 10.5. The maximum absolute atomic E-state index is 12.3. The lowest BCUT2D eigenvalue weighted by Gasteiger charge is -2.21. The summed E-state index contributed by atoms with van der Waals surface area (Å²) >= 11 is 1.57. The summed E-state index contributed by atoms with van der Waals surface area (Å²) in [6.07, 6.45) is -0.598. The summed E-state index contributed by atoms with van der Waals surface area (Å²) in [4.78, 5) is 18.3. The fourth-order valence-electron chi connectivity index (χ4n) is 2.08. The molecule has 6 heteroatoms. The van der Waals surface area contributed by atoms with E-state index in [2.05, 4.69) is 4.98 Å². The van der Waals surface area contributed by atoms with E-state index in [9.17, 15) is 4.79 Å². The zero-order chi connectivity index (χ0) is 16.1. The molecule has 1 heterocycles. The third kappa shape index (κ3) is 4.29. The Bertz CT molecular complexity index is 642. The molecular weight excluding hydrogens is 300 g/mol. The van der Waals surface area contributed by atoms with E-state index in [-0.39, 0.29) is 12.5 Å². The first-order valence-corrected chi connectivity index (χ1v) is 7.90. The number of aliphatic hydroxyl groups excluding tert-OH is 1. The zero-order valence-corrected chi connectivity index (χ0v) is 13.8. The number of amides is 1. The molecule has 1 amide bonds. The van der Waals surface area contributed by atoms with E-state index >= 15 is 0 Å². The van der Waals surface area contributed by atoms with Crippen LogP contribution in [0.5, 0.6) is 5.75 Å². The molecule has 5 nitrogen and oxygen atoms in total. The Hall–Kier alpha value is -1.92. The van der Waals surface area contributed by atoms with E-state index in [0.29, 0.717) is 12.3 Å². The van der Waals surface area contributed by atoms with Crippen molar-refractivity contribution in [3.8, 4) is 5.75 Å². The maximum Gasteiger partial charge on any atom is 0.263 e. The van der Waals surface area contributed by atoms with E-state index < -0.39 is 6.10 Å². The molecule has 0 radical (unpaired) electrons. The minimum Gasteiger partial charge on any atom is -0.481 e. The molecule has 1 N–H and O–H groups in total. The molecule has 2 aromatic rings. The molecule has 0 spiro atoms. The molecule has 2 rings (SSSR count). The van der Waals surface area contributed by atoms with Gasteiger partial charge in [-0.1, -0.05) is 12.1 Å². The second-order valence-corrected chi connectivity index (χ2v) is 6.18. The standard InChI is InChI=1S/C16H20N2O3S/c1-11(21-15-6-4-5-13(7-15)9-19)16(20)18(3)8-14-10-22-12(2)17-14/h4-7,10-11,19H,8-9H2,1-3H3. The molecular formula is C16H20N2O3S.